The standard InChI is InChI=1S/C33H31N3O3.C29H23N3O3/c1-33(2,3)39-32(38)29-12-8-7-11-28(29)25-15-13-24(14-16-25)22-36-30-18-17-26(19-27(30)21-35-36)31(37)34-20-23-9-5-4-6-10-23;33-28(30-17-20-6-2-1-3-7-20)23-14-15-27-24(16-23)18-31-32(27)19-21-10-12-22(13-11-21)25-8-4-5-9-26(25)29(34)35/h4-19,21H,20,22H2,1-3H3,(H,34,37);1-16,18H,17,19H2,(H,30,33)(H,34,35). The van der Waals surface area contributed by atoms with Gasteiger partial charge in [-0.1, -0.05) is 146 Å². The number of amides is 2. The van der Waals surface area contributed by atoms with E-state index < -0.39 is 11.6 Å². The van der Waals surface area contributed by atoms with E-state index in [9.17, 15) is 24.3 Å². The van der Waals surface area contributed by atoms with Gasteiger partial charge in [0.2, 0.25) is 0 Å². The number of aromatic nitrogens is 4. The van der Waals surface area contributed by atoms with Gasteiger partial charge in [0, 0.05) is 35.0 Å². The van der Waals surface area contributed by atoms with Gasteiger partial charge in [-0.15, -0.1) is 0 Å². The molecule has 0 spiro atoms. The second-order valence-corrected chi connectivity index (χ2v) is 18.8. The normalized spacial score (nSPS) is 11.1. The van der Waals surface area contributed by atoms with Crippen molar-refractivity contribution in [2.45, 2.75) is 52.6 Å². The third-order valence-electron chi connectivity index (χ3n) is 12.3. The highest BCUT2D eigenvalue weighted by molar-refractivity contribution is 6.00. The molecule has 0 aliphatic rings. The van der Waals surface area contributed by atoms with Crippen molar-refractivity contribution in [3.63, 3.8) is 0 Å². The number of hydrogen-bond donors (Lipinski definition) is 3. The van der Waals surface area contributed by atoms with Crippen molar-refractivity contribution in [2.24, 2.45) is 0 Å². The highest BCUT2D eigenvalue weighted by Gasteiger charge is 2.21. The maximum atomic E-state index is 12.8. The molecule has 0 unspecified atom stereocenters. The van der Waals surface area contributed by atoms with Crippen LogP contribution in [0.15, 0.2) is 207 Å². The van der Waals surface area contributed by atoms with E-state index in [2.05, 4.69) is 20.8 Å². The Morgan fingerprint density at radius 3 is 1.32 bits per heavy atom. The van der Waals surface area contributed by atoms with E-state index >= 15 is 0 Å². The fraction of sp³-hybridized carbons (Fsp3) is 0.129. The number of hydrogen-bond acceptors (Lipinski definition) is 7. The van der Waals surface area contributed by atoms with Gasteiger partial charge in [0.1, 0.15) is 5.60 Å². The quantitative estimate of drug-likeness (QED) is 0.0909. The van der Waals surface area contributed by atoms with Crippen LogP contribution in [0.3, 0.4) is 0 Å². The number of carbonyl (C=O) groups excluding carboxylic acids is 3. The van der Waals surface area contributed by atoms with Gasteiger partial charge >= 0.3 is 11.9 Å². The van der Waals surface area contributed by atoms with Crippen LogP contribution in [0.25, 0.3) is 44.1 Å². The summed E-state index contributed by atoms with van der Waals surface area (Å²) in [5.41, 5.74) is 10.9. The molecule has 0 radical (unpaired) electrons. The Labute approximate surface area is 428 Å². The second-order valence-electron chi connectivity index (χ2n) is 18.8. The molecule has 12 nitrogen and oxygen atoms in total. The SMILES string of the molecule is CC(C)(C)OC(=O)c1ccccc1-c1ccc(Cn2ncc3cc(C(=O)NCc4ccccc4)ccc32)cc1.O=C(NCc1ccccc1)c1ccc2c(cnn2Cc2ccc(-c3ccccc3C(=O)O)cc2)c1. The summed E-state index contributed by atoms with van der Waals surface area (Å²) < 4.78 is 9.41. The minimum absolute atomic E-state index is 0.115. The van der Waals surface area contributed by atoms with E-state index in [1.165, 1.54) is 0 Å². The molecule has 0 saturated heterocycles. The van der Waals surface area contributed by atoms with Crippen molar-refractivity contribution in [3.05, 3.63) is 251 Å². The molecule has 2 amide bonds. The molecular weight excluding hydrogens is 925 g/mol. The first kappa shape index (κ1) is 49.6. The average molecular weight is 979 g/mol. The van der Waals surface area contributed by atoms with Gasteiger partial charge in [0.05, 0.1) is 47.6 Å². The Morgan fingerprint density at radius 2 is 0.892 bits per heavy atom. The summed E-state index contributed by atoms with van der Waals surface area (Å²) in [4.78, 5) is 49.6. The van der Waals surface area contributed by atoms with E-state index in [0.717, 1.165) is 60.8 Å². The molecule has 0 aliphatic heterocycles. The van der Waals surface area contributed by atoms with Crippen molar-refractivity contribution in [1.82, 2.24) is 30.2 Å². The van der Waals surface area contributed by atoms with Gasteiger partial charge < -0.3 is 20.5 Å². The van der Waals surface area contributed by atoms with E-state index in [4.69, 9.17) is 4.74 Å². The summed E-state index contributed by atoms with van der Waals surface area (Å²) in [5.74, 6) is -1.52. The second kappa shape index (κ2) is 22.3. The average Bonchev–Trinajstić information content (AvgIpc) is 4.02. The number of ether oxygens (including phenoxy) is 1. The van der Waals surface area contributed by atoms with E-state index in [1.54, 1.807) is 30.6 Å². The van der Waals surface area contributed by atoms with Crippen molar-refractivity contribution < 1.29 is 29.0 Å². The number of rotatable bonds is 14. The van der Waals surface area contributed by atoms with Crippen LogP contribution >= 0.6 is 0 Å². The lowest BCUT2D eigenvalue weighted by Gasteiger charge is -2.20. The maximum absolute atomic E-state index is 12.8. The fourth-order valence-corrected chi connectivity index (χ4v) is 8.56. The highest BCUT2D eigenvalue weighted by Crippen LogP contribution is 2.28. The van der Waals surface area contributed by atoms with Crippen LogP contribution < -0.4 is 10.6 Å². The number of aromatic carboxylic acids is 1. The molecule has 12 heteroatoms. The minimum Gasteiger partial charge on any atom is -0.478 e. The number of nitrogens with one attached hydrogen (secondary N) is 2. The molecule has 8 aromatic carbocycles. The van der Waals surface area contributed by atoms with Gasteiger partial charge in [-0.05, 0) is 114 Å². The van der Waals surface area contributed by atoms with Crippen molar-refractivity contribution >= 4 is 45.6 Å². The molecule has 2 aromatic heterocycles. The zero-order valence-corrected chi connectivity index (χ0v) is 41.2. The molecular formula is C62H54N6O6. The molecule has 10 aromatic rings. The monoisotopic (exact) mass is 978 g/mol. The zero-order valence-electron chi connectivity index (χ0n) is 41.2. The number of nitrogens with zero attached hydrogens (tertiary/aromatic N) is 4. The van der Waals surface area contributed by atoms with E-state index in [1.807, 2.05) is 206 Å². The van der Waals surface area contributed by atoms with Crippen LogP contribution in [0.4, 0.5) is 0 Å². The van der Waals surface area contributed by atoms with Gasteiger partial charge in [0.15, 0.2) is 0 Å². The van der Waals surface area contributed by atoms with E-state index in [0.29, 0.717) is 48.4 Å². The molecule has 368 valence electrons. The summed E-state index contributed by atoms with van der Waals surface area (Å²) in [6.45, 7) is 7.69. The van der Waals surface area contributed by atoms with E-state index in [-0.39, 0.29) is 23.3 Å². The first-order valence-electron chi connectivity index (χ1n) is 24.2. The van der Waals surface area contributed by atoms with Crippen molar-refractivity contribution in [2.75, 3.05) is 0 Å². The Morgan fingerprint density at radius 1 is 0.486 bits per heavy atom. The zero-order chi connectivity index (χ0) is 51.6. The van der Waals surface area contributed by atoms with Crippen LogP contribution in [-0.4, -0.2) is 54.0 Å². The lowest BCUT2D eigenvalue weighted by molar-refractivity contribution is 0.00699. The van der Waals surface area contributed by atoms with Gasteiger partial charge in [-0.25, -0.2) is 9.59 Å². The summed E-state index contributed by atoms with van der Waals surface area (Å²) >= 11 is 0. The first-order chi connectivity index (χ1) is 35.8. The number of carboxylic acids is 1. The van der Waals surface area contributed by atoms with Gasteiger partial charge in [-0.3, -0.25) is 19.0 Å². The third kappa shape index (κ3) is 12.2. The summed E-state index contributed by atoms with van der Waals surface area (Å²) in [6, 6.07) is 61.3. The first-order valence-corrected chi connectivity index (χ1v) is 24.2. The molecule has 74 heavy (non-hydrogen) atoms. The Hall–Kier alpha value is -9.42. The number of carbonyl (C=O) groups is 4. The Balaban J connectivity index is 0.000000183. The third-order valence-corrected chi connectivity index (χ3v) is 12.3. The summed E-state index contributed by atoms with van der Waals surface area (Å²) in [7, 11) is 0. The highest BCUT2D eigenvalue weighted by atomic mass is 16.6. The lowest BCUT2D eigenvalue weighted by Crippen LogP contribution is -2.24. The fourth-order valence-electron chi connectivity index (χ4n) is 8.56. The molecule has 0 bridgehead atoms. The maximum Gasteiger partial charge on any atom is 0.339 e. The summed E-state index contributed by atoms with van der Waals surface area (Å²) in [6.07, 6.45) is 3.55. The smallest absolute Gasteiger partial charge is 0.339 e. The van der Waals surface area contributed by atoms with Crippen molar-refractivity contribution in [1.29, 1.82) is 0 Å². The topological polar surface area (TPSA) is 157 Å². The molecule has 2 heterocycles. The van der Waals surface area contributed by atoms with Crippen LogP contribution in [0.5, 0.6) is 0 Å². The van der Waals surface area contributed by atoms with Crippen LogP contribution in [0.2, 0.25) is 0 Å². The Bertz CT molecular complexity index is 3600. The van der Waals surface area contributed by atoms with Crippen molar-refractivity contribution in [3.8, 4) is 22.3 Å². The van der Waals surface area contributed by atoms with Gasteiger partial charge in [-0.2, -0.15) is 10.2 Å². The predicted octanol–water partition coefficient (Wildman–Crippen LogP) is 12.0. The molecule has 0 aliphatic carbocycles. The minimum atomic E-state index is -0.944. The van der Waals surface area contributed by atoms with Gasteiger partial charge in [0.25, 0.3) is 11.8 Å². The molecule has 3 N–H and O–H groups in total. The van der Waals surface area contributed by atoms with Crippen LogP contribution in [0, 0.1) is 0 Å². The predicted molar refractivity (Wildman–Crippen MR) is 289 cm³/mol. The number of carboxylic acid groups (broad SMARTS) is 1. The number of benzene rings is 8. The molecule has 0 saturated carbocycles. The van der Waals surface area contributed by atoms with Crippen LogP contribution in [-0.2, 0) is 30.9 Å². The lowest BCUT2D eigenvalue weighted by atomic mass is 9.98. The molecule has 10 rings (SSSR count). The Kier molecular flexibility index (Phi) is 15.0. The molecule has 0 atom stereocenters. The number of fused-ring (bicyclic) bond motifs is 2. The molecule has 0 fully saturated rings. The van der Waals surface area contributed by atoms with Crippen LogP contribution in [0.1, 0.15) is 84.5 Å². The summed E-state index contributed by atoms with van der Waals surface area (Å²) in [5, 5.41) is 26.2. The largest absolute Gasteiger partial charge is 0.478 e. The number of esters is 1.